The van der Waals surface area contributed by atoms with E-state index in [0.29, 0.717) is 12.0 Å². The van der Waals surface area contributed by atoms with Gasteiger partial charge in [-0.3, -0.25) is 4.40 Å². The Labute approximate surface area is 159 Å². The Hall–Kier alpha value is -2.12. The van der Waals surface area contributed by atoms with Gasteiger partial charge in [-0.1, -0.05) is 0 Å². The van der Waals surface area contributed by atoms with Crippen molar-refractivity contribution in [1.29, 1.82) is 0 Å². The Morgan fingerprint density at radius 2 is 1.93 bits per heavy atom. The number of hydrogen-bond donors (Lipinski definition) is 1. The molecule has 0 aliphatic carbocycles. The largest absolute Gasteiger partial charge is 0.381 e. The number of rotatable bonds is 3. The van der Waals surface area contributed by atoms with Crippen molar-refractivity contribution >= 4 is 22.6 Å². The maximum Gasteiger partial charge on any atom is 0.158 e. The first-order chi connectivity index (χ1) is 13.2. The van der Waals surface area contributed by atoms with Gasteiger partial charge in [0.05, 0.1) is 17.9 Å². The second-order valence-electron chi connectivity index (χ2n) is 8.10. The summed E-state index contributed by atoms with van der Waals surface area (Å²) >= 11 is 0. The molecular formula is C20H28N6O. The van der Waals surface area contributed by atoms with Crippen LogP contribution in [-0.2, 0) is 4.74 Å². The van der Waals surface area contributed by atoms with Crippen molar-refractivity contribution in [3.63, 3.8) is 0 Å². The summed E-state index contributed by atoms with van der Waals surface area (Å²) in [6.07, 6.45) is 10.7. The number of aromatic nitrogens is 4. The lowest BCUT2D eigenvalue weighted by Crippen LogP contribution is -2.42. The van der Waals surface area contributed by atoms with Crippen LogP contribution in [0.25, 0.3) is 16.8 Å². The second kappa shape index (κ2) is 6.80. The Morgan fingerprint density at radius 1 is 1.15 bits per heavy atom. The average Bonchev–Trinajstić information content (AvgIpc) is 3.32. The van der Waals surface area contributed by atoms with E-state index in [-0.39, 0.29) is 0 Å². The average molecular weight is 368 g/mol. The maximum atomic E-state index is 5.55. The number of nitrogens with zero attached hydrogens (tertiary/aromatic N) is 5. The lowest BCUT2D eigenvalue weighted by molar-refractivity contribution is 0.0856. The van der Waals surface area contributed by atoms with Gasteiger partial charge in [0.2, 0.25) is 0 Å². The zero-order chi connectivity index (χ0) is 18.4. The third-order valence-corrected chi connectivity index (χ3v) is 6.31. The van der Waals surface area contributed by atoms with Crippen LogP contribution in [0.5, 0.6) is 0 Å². The SMILES string of the molecule is CN(C)C1CCN(c2cn3c(cnc4[nH]cc(C5CCOCC5)c43)n2)CC1. The summed E-state index contributed by atoms with van der Waals surface area (Å²) in [4.78, 5) is 17.6. The summed E-state index contributed by atoms with van der Waals surface area (Å²) in [5, 5.41) is 0. The fraction of sp³-hybridized carbons (Fsp3) is 0.600. The summed E-state index contributed by atoms with van der Waals surface area (Å²) in [6.45, 7) is 3.81. The van der Waals surface area contributed by atoms with Crippen molar-refractivity contribution in [2.75, 3.05) is 45.3 Å². The molecule has 0 radical (unpaired) electrons. The molecule has 2 aliphatic heterocycles. The minimum atomic E-state index is 0.529. The third kappa shape index (κ3) is 2.99. The predicted molar refractivity (Wildman–Crippen MR) is 107 cm³/mol. The molecule has 3 aromatic heterocycles. The van der Waals surface area contributed by atoms with E-state index in [1.807, 2.05) is 6.20 Å². The number of nitrogens with one attached hydrogen (secondary N) is 1. The van der Waals surface area contributed by atoms with Gasteiger partial charge in [0, 0.05) is 38.5 Å². The minimum Gasteiger partial charge on any atom is -0.381 e. The fourth-order valence-electron chi connectivity index (χ4n) is 4.63. The number of hydrogen-bond acceptors (Lipinski definition) is 5. The van der Waals surface area contributed by atoms with Gasteiger partial charge in [0.15, 0.2) is 11.3 Å². The van der Waals surface area contributed by atoms with Gasteiger partial charge in [-0.05, 0) is 51.3 Å². The molecule has 0 atom stereocenters. The monoisotopic (exact) mass is 368 g/mol. The first-order valence-electron chi connectivity index (χ1n) is 10.0. The molecule has 3 aromatic rings. The van der Waals surface area contributed by atoms with Gasteiger partial charge < -0.3 is 19.5 Å². The number of imidazole rings is 1. The van der Waals surface area contributed by atoms with Gasteiger partial charge in [0.25, 0.3) is 0 Å². The predicted octanol–water partition coefficient (Wildman–Crippen LogP) is 2.64. The van der Waals surface area contributed by atoms with Gasteiger partial charge in [-0.25, -0.2) is 9.97 Å². The summed E-state index contributed by atoms with van der Waals surface area (Å²) in [7, 11) is 4.36. The van der Waals surface area contributed by atoms with Crippen molar-refractivity contribution in [1.82, 2.24) is 24.3 Å². The molecule has 7 nitrogen and oxygen atoms in total. The molecule has 0 aromatic carbocycles. The highest BCUT2D eigenvalue weighted by Gasteiger charge is 2.24. The van der Waals surface area contributed by atoms with E-state index in [2.05, 4.69) is 50.7 Å². The van der Waals surface area contributed by atoms with Gasteiger partial charge in [0.1, 0.15) is 5.82 Å². The Balaban J connectivity index is 1.50. The van der Waals surface area contributed by atoms with Crippen LogP contribution >= 0.6 is 0 Å². The molecule has 144 valence electrons. The van der Waals surface area contributed by atoms with Crippen LogP contribution in [0.3, 0.4) is 0 Å². The van der Waals surface area contributed by atoms with Crippen LogP contribution in [0.4, 0.5) is 5.82 Å². The minimum absolute atomic E-state index is 0.529. The highest BCUT2D eigenvalue weighted by molar-refractivity contribution is 5.80. The molecule has 0 unspecified atom stereocenters. The fourth-order valence-corrected chi connectivity index (χ4v) is 4.63. The standard InChI is InChI=1S/C20H28N6O/c1-24(2)15-3-7-25(8-4-15)18-13-26-17(23-18)12-22-20-19(26)16(11-21-20)14-5-9-27-10-6-14/h11-15,21H,3-10H2,1-2H3. The van der Waals surface area contributed by atoms with Gasteiger partial charge in [-0.2, -0.15) is 0 Å². The first-order valence-corrected chi connectivity index (χ1v) is 10.0. The molecule has 7 heteroatoms. The van der Waals surface area contributed by atoms with E-state index in [0.717, 1.165) is 56.3 Å². The lowest BCUT2D eigenvalue weighted by Gasteiger charge is -2.35. The van der Waals surface area contributed by atoms with Crippen molar-refractivity contribution in [2.45, 2.75) is 37.6 Å². The van der Waals surface area contributed by atoms with E-state index in [9.17, 15) is 0 Å². The molecule has 0 amide bonds. The van der Waals surface area contributed by atoms with E-state index in [1.165, 1.54) is 23.9 Å². The molecule has 5 rings (SSSR count). The van der Waals surface area contributed by atoms with Crippen LogP contribution in [0.2, 0.25) is 0 Å². The van der Waals surface area contributed by atoms with E-state index < -0.39 is 0 Å². The molecule has 1 N–H and O–H groups in total. The molecule has 0 saturated carbocycles. The molecule has 5 heterocycles. The third-order valence-electron chi connectivity index (χ3n) is 6.31. The van der Waals surface area contributed by atoms with Crippen LogP contribution in [0.15, 0.2) is 18.6 Å². The lowest BCUT2D eigenvalue weighted by atomic mass is 9.93. The molecular weight excluding hydrogens is 340 g/mol. The smallest absolute Gasteiger partial charge is 0.158 e. The summed E-state index contributed by atoms with van der Waals surface area (Å²) in [5.74, 6) is 1.60. The second-order valence-corrected chi connectivity index (χ2v) is 8.10. The molecule has 27 heavy (non-hydrogen) atoms. The highest BCUT2D eigenvalue weighted by Crippen LogP contribution is 2.33. The van der Waals surface area contributed by atoms with E-state index >= 15 is 0 Å². The van der Waals surface area contributed by atoms with Gasteiger partial charge >= 0.3 is 0 Å². The van der Waals surface area contributed by atoms with Crippen molar-refractivity contribution in [3.8, 4) is 0 Å². The number of ether oxygens (including phenoxy) is 1. The number of piperidine rings is 1. The molecule has 2 saturated heterocycles. The van der Waals surface area contributed by atoms with Crippen LogP contribution in [0, 0.1) is 0 Å². The van der Waals surface area contributed by atoms with Crippen molar-refractivity contribution in [2.24, 2.45) is 0 Å². The maximum absolute atomic E-state index is 5.55. The van der Waals surface area contributed by atoms with E-state index in [1.54, 1.807) is 0 Å². The number of anilines is 1. The summed E-state index contributed by atoms with van der Waals surface area (Å²) in [5.41, 5.74) is 4.40. The van der Waals surface area contributed by atoms with E-state index in [4.69, 9.17) is 9.72 Å². The van der Waals surface area contributed by atoms with Crippen molar-refractivity contribution < 1.29 is 4.74 Å². The Kier molecular flexibility index (Phi) is 4.28. The molecule has 0 spiro atoms. The first kappa shape index (κ1) is 17.0. The van der Waals surface area contributed by atoms with Crippen LogP contribution in [0.1, 0.15) is 37.2 Å². The highest BCUT2D eigenvalue weighted by atomic mass is 16.5. The summed E-state index contributed by atoms with van der Waals surface area (Å²) in [6, 6.07) is 0.677. The normalized spacial score (nSPS) is 20.3. The topological polar surface area (TPSA) is 61.7 Å². The zero-order valence-electron chi connectivity index (χ0n) is 16.2. The number of H-pyrrole nitrogens is 1. The molecule has 0 bridgehead atoms. The zero-order valence-corrected chi connectivity index (χ0v) is 16.2. The van der Waals surface area contributed by atoms with Crippen LogP contribution < -0.4 is 4.90 Å². The quantitative estimate of drug-likeness (QED) is 0.770. The van der Waals surface area contributed by atoms with Crippen LogP contribution in [-0.4, -0.2) is 70.7 Å². The Bertz CT molecular complexity index is 931. The van der Waals surface area contributed by atoms with Crippen molar-refractivity contribution in [3.05, 3.63) is 24.2 Å². The summed E-state index contributed by atoms with van der Waals surface area (Å²) < 4.78 is 7.78. The van der Waals surface area contributed by atoms with Gasteiger partial charge in [-0.15, -0.1) is 0 Å². The molecule has 2 aliphatic rings. The number of aromatic amines is 1. The Morgan fingerprint density at radius 3 is 2.67 bits per heavy atom. The number of fused-ring (bicyclic) bond motifs is 3. The molecule has 2 fully saturated rings.